The number of halogens is 3. The maximum absolute atomic E-state index is 12.7. The van der Waals surface area contributed by atoms with Crippen LogP contribution in [0, 0.1) is 11.3 Å². The molecule has 0 radical (unpaired) electrons. The Kier molecular flexibility index (Phi) is 3.84. The highest BCUT2D eigenvalue weighted by Crippen LogP contribution is 2.32. The van der Waals surface area contributed by atoms with Crippen LogP contribution in [0.1, 0.15) is 21.7 Å². The van der Waals surface area contributed by atoms with Gasteiger partial charge in [-0.2, -0.15) is 18.4 Å². The first-order chi connectivity index (χ1) is 9.91. The number of rotatable bonds is 2. The minimum atomic E-state index is -4.67. The fourth-order valence-corrected chi connectivity index (χ4v) is 1.52. The van der Waals surface area contributed by atoms with Gasteiger partial charge in [-0.05, 0) is 24.3 Å². The largest absolute Gasteiger partial charge is 0.435 e. The van der Waals surface area contributed by atoms with Gasteiger partial charge in [-0.3, -0.25) is 4.79 Å². The number of hydrogen-bond acceptors (Lipinski definition) is 4. The van der Waals surface area contributed by atoms with Gasteiger partial charge in [0.25, 0.3) is 5.91 Å². The molecule has 0 aliphatic rings. The summed E-state index contributed by atoms with van der Waals surface area (Å²) in [6, 6.07) is 6.74. The first-order valence-corrected chi connectivity index (χ1v) is 5.61. The lowest BCUT2D eigenvalue weighted by molar-refractivity contribution is -0.140. The van der Waals surface area contributed by atoms with Gasteiger partial charge in [-0.15, -0.1) is 0 Å². The number of aromatic nitrogens is 2. The molecule has 1 amide bonds. The number of hydrogen-bond donors (Lipinski definition) is 1. The molecule has 106 valence electrons. The van der Waals surface area contributed by atoms with Crippen LogP contribution in [0.3, 0.4) is 0 Å². The van der Waals surface area contributed by atoms with Crippen LogP contribution in [0.4, 0.5) is 18.9 Å². The Morgan fingerprint density at radius 2 is 2.00 bits per heavy atom. The lowest BCUT2D eigenvalue weighted by atomic mass is 10.2. The van der Waals surface area contributed by atoms with Crippen LogP contribution >= 0.6 is 0 Å². The van der Waals surface area contributed by atoms with Gasteiger partial charge in [0.2, 0.25) is 0 Å². The third-order valence-corrected chi connectivity index (χ3v) is 2.46. The number of pyridine rings is 2. The summed E-state index contributed by atoms with van der Waals surface area (Å²) in [5.41, 5.74) is -1.49. The fourth-order valence-electron chi connectivity index (χ4n) is 1.52. The maximum atomic E-state index is 12.7. The Balaban J connectivity index is 2.26. The van der Waals surface area contributed by atoms with Crippen molar-refractivity contribution in [3.05, 3.63) is 53.6 Å². The predicted molar refractivity (Wildman–Crippen MR) is 66.1 cm³/mol. The van der Waals surface area contributed by atoms with Crippen LogP contribution in [-0.4, -0.2) is 15.9 Å². The summed E-state index contributed by atoms with van der Waals surface area (Å²) in [6.45, 7) is 0. The van der Waals surface area contributed by atoms with Gasteiger partial charge < -0.3 is 5.32 Å². The van der Waals surface area contributed by atoms with Crippen molar-refractivity contribution in [2.45, 2.75) is 6.18 Å². The highest BCUT2D eigenvalue weighted by molar-refractivity contribution is 6.04. The molecule has 0 aliphatic heterocycles. The number of nitrogens with one attached hydrogen (secondary N) is 1. The van der Waals surface area contributed by atoms with Crippen molar-refractivity contribution in [3.63, 3.8) is 0 Å². The van der Waals surface area contributed by atoms with E-state index in [0.717, 1.165) is 18.5 Å². The second kappa shape index (κ2) is 5.58. The van der Waals surface area contributed by atoms with Crippen molar-refractivity contribution in [1.82, 2.24) is 9.97 Å². The smallest absolute Gasteiger partial charge is 0.320 e. The predicted octanol–water partition coefficient (Wildman–Crippen LogP) is 2.62. The van der Waals surface area contributed by atoms with Crippen LogP contribution in [0.15, 0.2) is 36.7 Å². The zero-order valence-corrected chi connectivity index (χ0v) is 10.3. The van der Waals surface area contributed by atoms with E-state index in [0.29, 0.717) is 0 Å². The minimum absolute atomic E-state index is 0.0333. The molecule has 0 saturated carbocycles. The Morgan fingerprint density at radius 1 is 1.24 bits per heavy atom. The van der Waals surface area contributed by atoms with Crippen molar-refractivity contribution in [2.75, 3.05) is 5.32 Å². The molecule has 2 heterocycles. The first kappa shape index (κ1) is 14.5. The molecule has 0 aliphatic carbocycles. The average Bonchev–Trinajstić information content (AvgIpc) is 2.47. The highest BCUT2D eigenvalue weighted by atomic mass is 19.4. The monoisotopic (exact) mass is 292 g/mol. The summed E-state index contributed by atoms with van der Waals surface area (Å²) in [5, 5.41) is 10.7. The molecule has 8 heteroatoms. The second-order valence-electron chi connectivity index (χ2n) is 3.90. The molecule has 1 N–H and O–H groups in total. The summed E-state index contributed by atoms with van der Waals surface area (Å²) in [7, 11) is 0. The van der Waals surface area contributed by atoms with Gasteiger partial charge in [-0.1, -0.05) is 0 Å². The Morgan fingerprint density at radius 3 is 2.57 bits per heavy atom. The molecule has 0 atom stereocenters. The van der Waals surface area contributed by atoms with E-state index in [1.807, 2.05) is 0 Å². The Bertz CT molecular complexity index is 705. The molecule has 2 aromatic rings. The molecule has 0 spiro atoms. The fraction of sp³-hybridized carbons (Fsp3) is 0.0769. The number of anilines is 1. The Labute approximate surface area is 117 Å². The first-order valence-electron chi connectivity index (χ1n) is 5.61. The van der Waals surface area contributed by atoms with Crippen molar-refractivity contribution < 1.29 is 18.0 Å². The quantitative estimate of drug-likeness (QED) is 0.922. The summed E-state index contributed by atoms with van der Waals surface area (Å²) < 4.78 is 38.2. The lowest BCUT2D eigenvalue weighted by Crippen LogP contribution is -2.18. The molecule has 0 saturated heterocycles. The zero-order valence-electron chi connectivity index (χ0n) is 10.3. The molecule has 21 heavy (non-hydrogen) atoms. The van der Waals surface area contributed by atoms with E-state index < -0.39 is 23.5 Å². The summed E-state index contributed by atoms with van der Waals surface area (Å²) >= 11 is 0. The summed E-state index contributed by atoms with van der Waals surface area (Å²) in [4.78, 5) is 18.8. The van der Waals surface area contributed by atoms with Crippen LogP contribution in [0.5, 0.6) is 0 Å². The van der Waals surface area contributed by atoms with Gasteiger partial charge in [0.1, 0.15) is 11.8 Å². The van der Waals surface area contributed by atoms with Crippen molar-refractivity contribution in [3.8, 4) is 6.07 Å². The normalized spacial score (nSPS) is 10.8. The van der Waals surface area contributed by atoms with Gasteiger partial charge in [0.15, 0.2) is 5.69 Å². The number of alkyl halides is 3. The van der Waals surface area contributed by atoms with E-state index in [1.165, 1.54) is 18.2 Å². The Hall–Kier alpha value is -2.95. The number of carbonyl (C=O) groups excluding carboxylic acids is 1. The van der Waals surface area contributed by atoms with Crippen LogP contribution < -0.4 is 5.32 Å². The van der Waals surface area contributed by atoms with E-state index in [4.69, 9.17) is 5.26 Å². The van der Waals surface area contributed by atoms with E-state index >= 15 is 0 Å². The highest BCUT2D eigenvalue weighted by Gasteiger charge is 2.35. The second-order valence-corrected chi connectivity index (χ2v) is 3.90. The molecular formula is C13H7F3N4O. The number of amides is 1. The summed E-state index contributed by atoms with van der Waals surface area (Å²) in [6.07, 6.45) is -2.58. The molecule has 0 fully saturated rings. The molecule has 0 bridgehead atoms. The standard InChI is InChI=1S/C13H7F3N4O/c14-13(15,16)11-10(2-1-5-18-11)20-12(21)8-3-4-9(6-17)19-7-8/h1-5,7H,(H,20,21). The molecule has 2 aromatic heterocycles. The molecular weight excluding hydrogens is 285 g/mol. The number of nitriles is 1. The van der Waals surface area contributed by atoms with E-state index in [9.17, 15) is 18.0 Å². The number of carbonyl (C=O) groups is 1. The van der Waals surface area contributed by atoms with E-state index in [-0.39, 0.29) is 11.3 Å². The van der Waals surface area contributed by atoms with Gasteiger partial charge in [-0.25, -0.2) is 9.97 Å². The van der Waals surface area contributed by atoms with Gasteiger partial charge >= 0.3 is 6.18 Å². The van der Waals surface area contributed by atoms with Crippen molar-refractivity contribution in [2.24, 2.45) is 0 Å². The maximum Gasteiger partial charge on any atom is 0.435 e. The average molecular weight is 292 g/mol. The third kappa shape index (κ3) is 3.33. The SMILES string of the molecule is N#Cc1ccc(C(=O)Nc2cccnc2C(F)(F)F)cn1. The summed E-state index contributed by atoms with van der Waals surface area (Å²) in [5.74, 6) is -0.773. The lowest BCUT2D eigenvalue weighted by Gasteiger charge is -2.12. The van der Waals surface area contributed by atoms with Crippen LogP contribution in [0.2, 0.25) is 0 Å². The molecule has 0 aromatic carbocycles. The van der Waals surface area contributed by atoms with Crippen LogP contribution in [-0.2, 0) is 6.18 Å². The minimum Gasteiger partial charge on any atom is -0.320 e. The van der Waals surface area contributed by atoms with E-state index in [1.54, 1.807) is 6.07 Å². The van der Waals surface area contributed by atoms with Gasteiger partial charge in [0.05, 0.1) is 11.3 Å². The third-order valence-electron chi connectivity index (χ3n) is 2.46. The zero-order chi connectivity index (χ0) is 15.5. The number of nitrogens with zero attached hydrogens (tertiary/aromatic N) is 3. The van der Waals surface area contributed by atoms with Gasteiger partial charge in [0, 0.05) is 12.4 Å². The molecule has 2 rings (SSSR count). The molecule has 5 nitrogen and oxygen atoms in total. The van der Waals surface area contributed by atoms with E-state index in [2.05, 4.69) is 15.3 Å². The molecule has 0 unspecified atom stereocenters. The van der Waals surface area contributed by atoms with Crippen molar-refractivity contribution >= 4 is 11.6 Å². The topological polar surface area (TPSA) is 78.7 Å². The van der Waals surface area contributed by atoms with Crippen molar-refractivity contribution in [1.29, 1.82) is 5.26 Å². The van der Waals surface area contributed by atoms with Crippen LogP contribution in [0.25, 0.3) is 0 Å².